The first kappa shape index (κ1) is 18.1. The van der Waals surface area contributed by atoms with Gasteiger partial charge in [0.25, 0.3) is 0 Å². The maximum Gasteiger partial charge on any atom is 0.246 e. The van der Waals surface area contributed by atoms with Crippen molar-refractivity contribution >= 4 is 28.2 Å². The summed E-state index contributed by atoms with van der Waals surface area (Å²) in [5.41, 5.74) is 0. The Morgan fingerprint density at radius 1 is 1.28 bits per heavy atom. The molecular formula is C19H27N3O2S. The van der Waals surface area contributed by atoms with Gasteiger partial charge in [0.05, 0.1) is 5.00 Å². The van der Waals surface area contributed by atoms with E-state index in [0.717, 1.165) is 37.2 Å². The summed E-state index contributed by atoms with van der Waals surface area (Å²) in [6, 6.07) is 4.39. The third kappa shape index (κ3) is 4.30. The van der Waals surface area contributed by atoms with Crippen molar-refractivity contribution in [2.24, 2.45) is 5.92 Å². The zero-order valence-corrected chi connectivity index (χ0v) is 16.0. The van der Waals surface area contributed by atoms with Gasteiger partial charge in [-0.15, -0.1) is 11.3 Å². The lowest BCUT2D eigenvalue weighted by Gasteiger charge is -2.37. The fourth-order valence-corrected chi connectivity index (χ4v) is 4.70. The van der Waals surface area contributed by atoms with Crippen LogP contribution >= 0.6 is 11.3 Å². The Labute approximate surface area is 153 Å². The molecule has 6 heteroatoms. The molecule has 136 valence electrons. The topological polar surface area (TPSA) is 52.7 Å². The van der Waals surface area contributed by atoms with Crippen LogP contribution in [0.4, 0.5) is 5.00 Å². The van der Waals surface area contributed by atoms with Crippen molar-refractivity contribution in [1.29, 1.82) is 0 Å². The fraction of sp³-hybridized carbons (Fsp3) is 0.579. The smallest absolute Gasteiger partial charge is 0.246 e. The molecule has 3 heterocycles. The van der Waals surface area contributed by atoms with E-state index in [-0.39, 0.29) is 29.8 Å². The number of piperidine rings is 1. The van der Waals surface area contributed by atoms with Crippen LogP contribution in [0, 0.1) is 12.8 Å². The molecular weight excluding hydrogens is 334 g/mol. The third-order valence-electron chi connectivity index (χ3n) is 5.08. The number of hydrogen-bond donors (Lipinski definition) is 1. The predicted molar refractivity (Wildman–Crippen MR) is 102 cm³/mol. The molecule has 5 nitrogen and oxygen atoms in total. The lowest BCUT2D eigenvalue weighted by atomic mass is 9.90. The maximum absolute atomic E-state index is 12.6. The van der Waals surface area contributed by atoms with Crippen molar-refractivity contribution in [2.45, 2.75) is 44.7 Å². The van der Waals surface area contributed by atoms with E-state index in [4.69, 9.17) is 0 Å². The number of amides is 2. The van der Waals surface area contributed by atoms with Gasteiger partial charge in [-0.2, -0.15) is 0 Å². The highest BCUT2D eigenvalue weighted by Gasteiger charge is 2.44. The van der Waals surface area contributed by atoms with Crippen LogP contribution in [-0.4, -0.2) is 54.3 Å². The number of nitrogens with zero attached hydrogens (tertiary/aromatic N) is 2. The zero-order valence-electron chi connectivity index (χ0n) is 15.2. The van der Waals surface area contributed by atoms with Gasteiger partial charge < -0.3 is 15.1 Å². The van der Waals surface area contributed by atoms with Crippen LogP contribution in [0.15, 0.2) is 24.3 Å². The molecule has 0 aliphatic carbocycles. The highest BCUT2D eigenvalue weighted by molar-refractivity contribution is 7.16. The fourth-order valence-electron chi connectivity index (χ4n) is 3.93. The van der Waals surface area contributed by atoms with Crippen LogP contribution in [0.1, 0.15) is 30.6 Å². The average molecular weight is 362 g/mol. The molecule has 0 radical (unpaired) electrons. The number of hydrogen-bond acceptors (Lipinski definition) is 4. The quantitative estimate of drug-likeness (QED) is 0.821. The Morgan fingerprint density at radius 2 is 1.96 bits per heavy atom. The SMILES string of the molecule is Cc1ccc(NC(=O)C2CC3CCC(C2)N3C(=O)/C=C/CN(C)C)s1. The summed E-state index contributed by atoms with van der Waals surface area (Å²) in [5, 5.41) is 3.97. The number of aryl methyl sites for hydroxylation is 1. The number of fused-ring (bicyclic) bond motifs is 2. The molecule has 1 N–H and O–H groups in total. The molecule has 1 aromatic rings. The van der Waals surface area contributed by atoms with Crippen LogP contribution in [0.3, 0.4) is 0 Å². The monoisotopic (exact) mass is 361 g/mol. The van der Waals surface area contributed by atoms with Crippen molar-refractivity contribution in [3.8, 4) is 0 Å². The largest absolute Gasteiger partial charge is 0.333 e. The number of anilines is 1. The number of nitrogens with one attached hydrogen (secondary N) is 1. The van der Waals surface area contributed by atoms with E-state index in [1.807, 2.05) is 49.0 Å². The molecule has 2 fully saturated rings. The van der Waals surface area contributed by atoms with Gasteiger partial charge in [-0.25, -0.2) is 0 Å². The van der Waals surface area contributed by atoms with E-state index < -0.39 is 0 Å². The number of thiophene rings is 1. The Kier molecular flexibility index (Phi) is 5.59. The summed E-state index contributed by atoms with van der Waals surface area (Å²) in [6.07, 6.45) is 7.19. The van der Waals surface area contributed by atoms with E-state index in [9.17, 15) is 9.59 Å². The normalized spacial score (nSPS) is 25.8. The van der Waals surface area contributed by atoms with E-state index in [1.54, 1.807) is 17.4 Å². The first-order valence-electron chi connectivity index (χ1n) is 8.95. The van der Waals surface area contributed by atoms with Crippen LogP contribution in [0.5, 0.6) is 0 Å². The summed E-state index contributed by atoms with van der Waals surface area (Å²) in [6.45, 7) is 2.80. The second-order valence-corrected chi connectivity index (χ2v) is 8.65. The van der Waals surface area contributed by atoms with E-state index in [2.05, 4.69) is 5.32 Å². The highest BCUT2D eigenvalue weighted by Crippen LogP contribution is 2.39. The van der Waals surface area contributed by atoms with Crippen LogP contribution in [-0.2, 0) is 9.59 Å². The van der Waals surface area contributed by atoms with Gasteiger partial charge in [0, 0.05) is 35.5 Å². The number of rotatable bonds is 5. The molecule has 2 aliphatic rings. The van der Waals surface area contributed by atoms with Gasteiger partial charge in [0.15, 0.2) is 0 Å². The van der Waals surface area contributed by atoms with Gasteiger partial charge in [-0.05, 0) is 58.8 Å². The van der Waals surface area contributed by atoms with Gasteiger partial charge >= 0.3 is 0 Å². The van der Waals surface area contributed by atoms with Crippen LogP contribution in [0.2, 0.25) is 0 Å². The molecule has 2 saturated heterocycles. The third-order valence-corrected chi connectivity index (χ3v) is 5.99. The minimum Gasteiger partial charge on any atom is -0.333 e. The summed E-state index contributed by atoms with van der Waals surface area (Å²) in [5.74, 6) is 0.214. The van der Waals surface area contributed by atoms with Crippen LogP contribution < -0.4 is 5.32 Å². The van der Waals surface area contributed by atoms with Gasteiger partial charge in [-0.1, -0.05) is 6.08 Å². The average Bonchev–Trinajstić information content (AvgIpc) is 3.07. The minimum atomic E-state index is 0.00899. The first-order chi connectivity index (χ1) is 11.9. The predicted octanol–water partition coefficient (Wildman–Crippen LogP) is 2.88. The summed E-state index contributed by atoms with van der Waals surface area (Å²) < 4.78 is 0. The first-order valence-corrected chi connectivity index (χ1v) is 9.76. The lowest BCUT2D eigenvalue weighted by Crippen LogP contribution is -2.48. The van der Waals surface area contributed by atoms with Gasteiger partial charge in [0.2, 0.25) is 11.8 Å². The molecule has 25 heavy (non-hydrogen) atoms. The standard InChI is InChI=1S/C19H27N3O2S/c1-13-6-9-17(25-13)20-19(24)14-11-15-7-8-16(12-14)22(15)18(23)5-4-10-21(2)3/h4-6,9,14-16H,7-8,10-12H2,1-3H3,(H,20,24)/b5-4+. The Hall–Kier alpha value is -1.66. The second-order valence-electron chi connectivity index (χ2n) is 7.36. The number of carbonyl (C=O) groups is 2. The highest BCUT2D eigenvalue weighted by atomic mass is 32.1. The second kappa shape index (κ2) is 7.70. The molecule has 2 atom stereocenters. The molecule has 1 aromatic heterocycles. The molecule has 0 spiro atoms. The molecule has 2 amide bonds. The van der Waals surface area contributed by atoms with E-state index >= 15 is 0 Å². The van der Waals surface area contributed by atoms with Crippen molar-refractivity contribution < 1.29 is 9.59 Å². The van der Waals surface area contributed by atoms with Crippen molar-refractivity contribution in [3.05, 3.63) is 29.2 Å². The summed E-state index contributed by atoms with van der Waals surface area (Å²) in [7, 11) is 3.97. The van der Waals surface area contributed by atoms with Crippen molar-refractivity contribution in [1.82, 2.24) is 9.80 Å². The molecule has 0 aromatic carbocycles. The number of carbonyl (C=O) groups excluding carboxylic acids is 2. The molecule has 3 rings (SSSR count). The molecule has 2 bridgehead atoms. The summed E-state index contributed by atoms with van der Waals surface area (Å²) in [4.78, 5) is 30.4. The van der Waals surface area contributed by atoms with Crippen LogP contribution in [0.25, 0.3) is 0 Å². The Balaban J connectivity index is 1.59. The zero-order chi connectivity index (χ0) is 18.0. The van der Waals surface area contributed by atoms with E-state index in [0.29, 0.717) is 0 Å². The van der Waals surface area contributed by atoms with E-state index in [1.165, 1.54) is 4.88 Å². The Bertz CT molecular complexity index is 653. The molecule has 2 aliphatic heterocycles. The van der Waals surface area contributed by atoms with Crippen molar-refractivity contribution in [2.75, 3.05) is 26.0 Å². The lowest BCUT2D eigenvalue weighted by molar-refractivity contribution is -0.134. The van der Waals surface area contributed by atoms with Gasteiger partial charge in [-0.3, -0.25) is 9.59 Å². The van der Waals surface area contributed by atoms with Crippen molar-refractivity contribution in [3.63, 3.8) is 0 Å². The summed E-state index contributed by atoms with van der Waals surface area (Å²) >= 11 is 1.60. The van der Waals surface area contributed by atoms with Gasteiger partial charge in [0.1, 0.15) is 0 Å². The number of likely N-dealkylation sites (N-methyl/N-ethyl adjacent to an activating group) is 1. The maximum atomic E-state index is 12.6. The molecule has 2 unspecified atom stereocenters. The minimum absolute atomic E-state index is 0.00899. The Morgan fingerprint density at radius 3 is 2.52 bits per heavy atom. The molecule has 0 saturated carbocycles.